The fourth-order valence-corrected chi connectivity index (χ4v) is 2.65. The molecule has 2 aromatic carbocycles. The van der Waals surface area contributed by atoms with E-state index in [9.17, 15) is 9.59 Å². The summed E-state index contributed by atoms with van der Waals surface area (Å²) in [5, 5.41) is 0. The number of carbonyl (C=O) groups excluding carboxylic acids is 2. The minimum absolute atomic E-state index is 0.129. The van der Waals surface area contributed by atoms with Crippen LogP contribution in [0.2, 0.25) is 0 Å². The summed E-state index contributed by atoms with van der Waals surface area (Å²) in [6.45, 7) is 1.99. The van der Waals surface area contributed by atoms with Gasteiger partial charge in [0.05, 0.1) is 18.7 Å². The first-order valence-electron chi connectivity index (χ1n) is 7.92. The number of amides is 1. The van der Waals surface area contributed by atoms with Gasteiger partial charge in [0.1, 0.15) is 18.4 Å². The Hall–Kier alpha value is -2.82. The average Bonchev–Trinajstić information content (AvgIpc) is 2.75. The molecule has 0 unspecified atom stereocenters. The maximum Gasteiger partial charge on any atom is 0.326 e. The highest BCUT2D eigenvalue weighted by molar-refractivity contribution is 5.99. The predicted molar refractivity (Wildman–Crippen MR) is 89.9 cm³/mol. The molecule has 3 rings (SSSR count). The van der Waals surface area contributed by atoms with Crippen molar-refractivity contribution in [3.8, 4) is 5.75 Å². The molecule has 1 aliphatic rings. The zero-order valence-electron chi connectivity index (χ0n) is 13.5. The van der Waals surface area contributed by atoms with Crippen LogP contribution in [0.5, 0.6) is 5.75 Å². The van der Waals surface area contributed by atoms with Crippen molar-refractivity contribution in [1.29, 1.82) is 0 Å². The monoisotopic (exact) mass is 325 g/mol. The maximum absolute atomic E-state index is 12.3. The van der Waals surface area contributed by atoms with E-state index in [1.54, 1.807) is 12.1 Å². The highest BCUT2D eigenvalue weighted by atomic mass is 16.5. The molecule has 0 saturated carbocycles. The summed E-state index contributed by atoms with van der Waals surface area (Å²) in [4.78, 5) is 26.0. The molecule has 1 amide bonds. The van der Waals surface area contributed by atoms with Crippen molar-refractivity contribution < 1.29 is 19.1 Å². The van der Waals surface area contributed by atoms with E-state index in [4.69, 9.17) is 9.47 Å². The molecule has 1 aliphatic heterocycles. The van der Waals surface area contributed by atoms with E-state index in [0.717, 1.165) is 5.56 Å². The van der Waals surface area contributed by atoms with Gasteiger partial charge in [0, 0.05) is 0 Å². The first kappa shape index (κ1) is 16.1. The Bertz CT molecular complexity index is 729. The number of benzene rings is 2. The van der Waals surface area contributed by atoms with Crippen LogP contribution in [-0.4, -0.2) is 25.0 Å². The fourth-order valence-electron chi connectivity index (χ4n) is 2.65. The zero-order chi connectivity index (χ0) is 16.9. The van der Waals surface area contributed by atoms with Crippen LogP contribution < -0.4 is 9.64 Å². The Morgan fingerprint density at radius 1 is 1.17 bits per heavy atom. The van der Waals surface area contributed by atoms with Gasteiger partial charge in [-0.15, -0.1) is 0 Å². The zero-order valence-corrected chi connectivity index (χ0v) is 13.5. The molecular formula is C19H19NO4. The van der Waals surface area contributed by atoms with Crippen LogP contribution in [0.15, 0.2) is 54.6 Å². The standard InChI is InChI=1S/C19H19NO4/c1-14(15-7-3-2-4-8-15)24-19(22)13-20-16-9-5-6-10-17(16)23-12-11-18(20)21/h2-10,14H,11-13H2,1H3/t14-/m1/s1. The third-order valence-electron chi connectivity index (χ3n) is 3.90. The summed E-state index contributed by atoms with van der Waals surface area (Å²) in [7, 11) is 0. The molecular weight excluding hydrogens is 306 g/mol. The summed E-state index contributed by atoms with van der Waals surface area (Å²) in [5.41, 5.74) is 1.51. The van der Waals surface area contributed by atoms with Crippen molar-refractivity contribution in [3.05, 3.63) is 60.2 Å². The molecule has 0 radical (unpaired) electrons. The molecule has 24 heavy (non-hydrogen) atoms. The summed E-state index contributed by atoms with van der Waals surface area (Å²) < 4.78 is 11.0. The number of carbonyl (C=O) groups is 2. The van der Waals surface area contributed by atoms with Gasteiger partial charge in [-0.3, -0.25) is 14.5 Å². The third kappa shape index (κ3) is 3.56. The van der Waals surface area contributed by atoms with Crippen LogP contribution in [0.25, 0.3) is 0 Å². The second kappa shape index (κ2) is 7.17. The average molecular weight is 325 g/mol. The predicted octanol–water partition coefficient (Wildman–Crippen LogP) is 3.11. The number of para-hydroxylation sites is 2. The van der Waals surface area contributed by atoms with Gasteiger partial charge in [0.25, 0.3) is 0 Å². The first-order valence-corrected chi connectivity index (χ1v) is 7.92. The third-order valence-corrected chi connectivity index (χ3v) is 3.90. The Labute approximate surface area is 140 Å². The summed E-state index contributed by atoms with van der Waals surface area (Å²) in [5.74, 6) is 0.00734. The lowest BCUT2D eigenvalue weighted by atomic mass is 10.1. The van der Waals surface area contributed by atoms with E-state index >= 15 is 0 Å². The number of hydrogen-bond acceptors (Lipinski definition) is 4. The SMILES string of the molecule is C[C@@H](OC(=O)CN1C(=O)CCOc2ccccc21)c1ccccc1. The number of rotatable bonds is 4. The highest BCUT2D eigenvalue weighted by Crippen LogP contribution is 2.31. The molecule has 5 heteroatoms. The van der Waals surface area contributed by atoms with Gasteiger partial charge in [-0.1, -0.05) is 42.5 Å². The van der Waals surface area contributed by atoms with Crippen molar-refractivity contribution in [3.63, 3.8) is 0 Å². The van der Waals surface area contributed by atoms with Crippen molar-refractivity contribution in [2.75, 3.05) is 18.1 Å². The van der Waals surface area contributed by atoms with E-state index in [2.05, 4.69) is 0 Å². The van der Waals surface area contributed by atoms with Gasteiger partial charge in [-0.25, -0.2) is 0 Å². The normalized spacial score (nSPS) is 15.0. The van der Waals surface area contributed by atoms with Crippen molar-refractivity contribution in [2.24, 2.45) is 0 Å². The molecule has 1 heterocycles. The lowest BCUT2D eigenvalue weighted by molar-refractivity contribution is -0.147. The van der Waals surface area contributed by atoms with E-state index in [0.29, 0.717) is 18.0 Å². The number of esters is 1. The molecule has 0 aromatic heterocycles. The molecule has 1 atom stereocenters. The Morgan fingerprint density at radius 3 is 2.67 bits per heavy atom. The minimum Gasteiger partial charge on any atom is -0.491 e. The van der Waals surface area contributed by atoms with E-state index < -0.39 is 5.97 Å². The van der Waals surface area contributed by atoms with Gasteiger partial charge in [-0.2, -0.15) is 0 Å². The molecule has 0 bridgehead atoms. The summed E-state index contributed by atoms with van der Waals surface area (Å²) in [6.07, 6.45) is -0.136. The maximum atomic E-state index is 12.3. The van der Waals surface area contributed by atoms with Crippen molar-refractivity contribution in [2.45, 2.75) is 19.4 Å². The number of anilines is 1. The van der Waals surface area contributed by atoms with E-state index in [1.807, 2.05) is 49.4 Å². The highest BCUT2D eigenvalue weighted by Gasteiger charge is 2.26. The minimum atomic E-state index is -0.448. The summed E-state index contributed by atoms with van der Waals surface area (Å²) >= 11 is 0. The Kier molecular flexibility index (Phi) is 4.79. The van der Waals surface area contributed by atoms with Crippen LogP contribution in [0.3, 0.4) is 0 Å². The molecule has 0 N–H and O–H groups in total. The van der Waals surface area contributed by atoms with Crippen molar-refractivity contribution in [1.82, 2.24) is 0 Å². The van der Waals surface area contributed by atoms with Crippen LogP contribution in [0, 0.1) is 0 Å². The molecule has 124 valence electrons. The molecule has 0 spiro atoms. The lowest BCUT2D eigenvalue weighted by Gasteiger charge is -2.22. The van der Waals surface area contributed by atoms with Gasteiger partial charge < -0.3 is 9.47 Å². The second-order valence-electron chi connectivity index (χ2n) is 5.59. The van der Waals surface area contributed by atoms with Crippen LogP contribution in [0.1, 0.15) is 25.0 Å². The number of fused-ring (bicyclic) bond motifs is 1. The smallest absolute Gasteiger partial charge is 0.326 e. The summed E-state index contributed by atoms with van der Waals surface area (Å²) in [6, 6.07) is 16.7. The van der Waals surface area contributed by atoms with Gasteiger partial charge in [0.2, 0.25) is 5.91 Å². The van der Waals surface area contributed by atoms with Crippen LogP contribution in [0.4, 0.5) is 5.69 Å². The largest absolute Gasteiger partial charge is 0.491 e. The number of ether oxygens (including phenoxy) is 2. The molecule has 0 aliphatic carbocycles. The lowest BCUT2D eigenvalue weighted by Crippen LogP contribution is -2.36. The van der Waals surface area contributed by atoms with Gasteiger partial charge >= 0.3 is 5.97 Å². The van der Waals surface area contributed by atoms with Gasteiger partial charge in [-0.05, 0) is 24.6 Å². The molecule has 2 aromatic rings. The molecule has 0 fully saturated rings. The van der Waals surface area contributed by atoms with Crippen LogP contribution in [-0.2, 0) is 14.3 Å². The Balaban J connectivity index is 1.72. The van der Waals surface area contributed by atoms with Crippen molar-refractivity contribution >= 4 is 17.6 Å². The second-order valence-corrected chi connectivity index (χ2v) is 5.59. The first-order chi connectivity index (χ1) is 11.6. The van der Waals surface area contributed by atoms with E-state index in [1.165, 1.54) is 4.90 Å². The van der Waals surface area contributed by atoms with Gasteiger partial charge in [0.15, 0.2) is 0 Å². The van der Waals surface area contributed by atoms with E-state index in [-0.39, 0.29) is 25.0 Å². The Morgan fingerprint density at radius 2 is 1.88 bits per heavy atom. The quantitative estimate of drug-likeness (QED) is 0.811. The van der Waals surface area contributed by atoms with Crippen LogP contribution >= 0.6 is 0 Å². The fraction of sp³-hybridized carbons (Fsp3) is 0.263. The number of hydrogen-bond donors (Lipinski definition) is 0. The molecule has 5 nitrogen and oxygen atoms in total. The topological polar surface area (TPSA) is 55.8 Å². The molecule has 0 saturated heterocycles. The number of nitrogens with zero attached hydrogens (tertiary/aromatic N) is 1.